The zero-order valence-corrected chi connectivity index (χ0v) is 13.7. The quantitative estimate of drug-likeness (QED) is 0.511. The van der Waals surface area contributed by atoms with E-state index in [-0.39, 0.29) is 10.7 Å². The highest BCUT2D eigenvalue weighted by Crippen LogP contribution is 2.36. The maximum atomic E-state index is 13.2. The number of fused-ring (bicyclic) bond motifs is 1. The van der Waals surface area contributed by atoms with Crippen molar-refractivity contribution in [2.24, 2.45) is 0 Å². The molecule has 2 heterocycles. The Morgan fingerprint density at radius 3 is 2.57 bits per heavy atom. The highest BCUT2D eigenvalue weighted by Gasteiger charge is 2.37. The number of pyridine rings is 1. The summed E-state index contributed by atoms with van der Waals surface area (Å²) in [6.45, 7) is 0. The molecule has 0 bridgehead atoms. The van der Waals surface area contributed by atoms with Gasteiger partial charge in [-0.15, -0.1) is 0 Å². The molecule has 0 saturated carbocycles. The molecule has 0 fully saturated rings. The lowest BCUT2D eigenvalue weighted by atomic mass is 10.0. The van der Waals surface area contributed by atoms with Gasteiger partial charge in [0.15, 0.2) is 0 Å². The summed E-state index contributed by atoms with van der Waals surface area (Å²) < 4.78 is 41.7. The Morgan fingerprint density at radius 2 is 1.87 bits per heavy atom. The topological polar surface area (TPSA) is 21.5 Å². The van der Waals surface area contributed by atoms with E-state index < -0.39 is 23.1 Å². The number of halogens is 5. The Morgan fingerprint density at radius 1 is 1.13 bits per heavy atom. The van der Waals surface area contributed by atoms with Crippen LogP contribution in [0.25, 0.3) is 5.52 Å². The molecule has 118 valence electrons. The third kappa shape index (κ3) is 2.77. The number of rotatable bonds is 2. The Hall–Kier alpha value is -1.79. The fraction of sp³-hybridized carbons (Fsp3) is 0.0625. The summed E-state index contributed by atoms with van der Waals surface area (Å²) >= 11 is 9.20. The number of carbonyl (C=O) groups excluding carboxylic acids is 1. The number of ketones is 1. The van der Waals surface area contributed by atoms with E-state index >= 15 is 0 Å². The van der Waals surface area contributed by atoms with E-state index in [1.54, 1.807) is 24.4 Å². The zero-order chi connectivity index (χ0) is 16.8. The summed E-state index contributed by atoms with van der Waals surface area (Å²) in [6, 6.07) is 9.99. The van der Waals surface area contributed by atoms with Crippen LogP contribution in [0.1, 0.15) is 21.6 Å². The van der Waals surface area contributed by atoms with Crippen LogP contribution in [0.3, 0.4) is 0 Å². The molecule has 3 aromatic rings. The third-order valence-electron chi connectivity index (χ3n) is 3.41. The van der Waals surface area contributed by atoms with Crippen LogP contribution >= 0.6 is 27.5 Å². The summed E-state index contributed by atoms with van der Waals surface area (Å²) in [6.07, 6.45) is -3.06. The normalized spacial score (nSPS) is 11.9. The predicted octanol–water partition coefficient (Wildman–Crippen LogP) is 5.61. The molecule has 23 heavy (non-hydrogen) atoms. The summed E-state index contributed by atoms with van der Waals surface area (Å²) in [5.41, 5.74) is -0.808. The van der Waals surface area contributed by atoms with Gasteiger partial charge >= 0.3 is 6.18 Å². The van der Waals surface area contributed by atoms with Crippen molar-refractivity contribution in [2.45, 2.75) is 6.18 Å². The van der Waals surface area contributed by atoms with Crippen LogP contribution in [-0.4, -0.2) is 10.2 Å². The monoisotopic (exact) mass is 401 g/mol. The van der Waals surface area contributed by atoms with Gasteiger partial charge in [-0.1, -0.05) is 23.7 Å². The first-order chi connectivity index (χ1) is 10.8. The van der Waals surface area contributed by atoms with Gasteiger partial charge in [-0.05, 0) is 46.3 Å². The van der Waals surface area contributed by atoms with Crippen LogP contribution in [0.4, 0.5) is 13.2 Å². The smallest absolute Gasteiger partial charge is 0.312 e. The van der Waals surface area contributed by atoms with Crippen LogP contribution in [0.5, 0.6) is 0 Å². The van der Waals surface area contributed by atoms with Crippen LogP contribution in [0.15, 0.2) is 53.1 Å². The van der Waals surface area contributed by atoms with Crippen molar-refractivity contribution in [3.8, 4) is 0 Å². The van der Waals surface area contributed by atoms with Gasteiger partial charge in [0.05, 0.1) is 27.4 Å². The van der Waals surface area contributed by atoms with E-state index in [0.717, 1.165) is 6.07 Å². The number of nitrogens with zero attached hydrogens (tertiary/aromatic N) is 1. The predicted molar refractivity (Wildman–Crippen MR) is 85.0 cm³/mol. The Labute approximate surface area is 142 Å². The lowest BCUT2D eigenvalue weighted by Gasteiger charge is -2.13. The van der Waals surface area contributed by atoms with Crippen molar-refractivity contribution in [3.05, 3.63) is 75.0 Å². The van der Waals surface area contributed by atoms with Crippen molar-refractivity contribution in [1.29, 1.82) is 0 Å². The highest BCUT2D eigenvalue weighted by atomic mass is 79.9. The molecular weight excluding hydrogens is 395 g/mol. The van der Waals surface area contributed by atoms with E-state index in [0.29, 0.717) is 9.99 Å². The molecule has 0 spiro atoms. The largest absolute Gasteiger partial charge is 0.417 e. The summed E-state index contributed by atoms with van der Waals surface area (Å²) in [7, 11) is 0. The van der Waals surface area contributed by atoms with Gasteiger partial charge in [-0.3, -0.25) is 4.79 Å². The molecule has 0 radical (unpaired) electrons. The molecule has 2 nitrogen and oxygen atoms in total. The minimum Gasteiger partial charge on any atom is -0.312 e. The molecule has 0 amide bonds. The number of alkyl halides is 3. The second-order valence-corrected chi connectivity index (χ2v) is 6.08. The number of benzene rings is 1. The van der Waals surface area contributed by atoms with E-state index in [2.05, 4.69) is 15.9 Å². The van der Waals surface area contributed by atoms with Crippen molar-refractivity contribution in [3.63, 3.8) is 0 Å². The standard InChI is InChI=1S/C16H8BrClF3NO/c17-10-8-13(22-7-2-1-6-12(10)22)15(23)14-9(16(19,20)21)4-3-5-11(14)18/h1-8H. The first-order valence-corrected chi connectivity index (χ1v) is 7.64. The fourth-order valence-electron chi connectivity index (χ4n) is 2.41. The lowest BCUT2D eigenvalue weighted by Crippen LogP contribution is -2.15. The maximum Gasteiger partial charge on any atom is 0.417 e. The van der Waals surface area contributed by atoms with Crippen molar-refractivity contribution < 1.29 is 18.0 Å². The number of hydrogen-bond acceptors (Lipinski definition) is 1. The van der Waals surface area contributed by atoms with Crippen molar-refractivity contribution in [1.82, 2.24) is 4.40 Å². The first kappa shape index (κ1) is 16.1. The second kappa shape index (κ2) is 5.69. The summed E-state index contributed by atoms with van der Waals surface area (Å²) in [5, 5.41) is -0.230. The Balaban J connectivity index is 2.25. The van der Waals surface area contributed by atoms with Crippen LogP contribution in [0.2, 0.25) is 5.02 Å². The molecule has 0 saturated heterocycles. The van der Waals surface area contributed by atoms with Gasteiger partial charge in [0.25, 0.3) is 0 Å². The van der Waals surface area contributed by atoms with E-state index in [4.69, 9.17) is 11.6 Å². The number of hydrogen-bond donors (Lipinski definition) is 0. The molecule has 1 aromatic carbocycles. The molecule has 7 heteroatoms. The SMILES string of the molecule is O=C(c1c(Cl)cccc1C(F)(F)F)c1cc(Br)c2ccccn12. The maximum absolute atomic E-state index is 13.2. The van der Waals surface area contributed by atoms with Crippen LogP contribution in [0, 0.1) is 0 Å². The van der Waals surface area contributed by atoms with Gasteiger partial charge < -0.3 is 4.40 Å². The Bertz CT molecular complexity index is 917. The third-order valence-corrected chi connectivity index (χ3v) is 4.36. The number of carbonyl (C=O) groups is 1. The van der Waals surface area contributed by atoms with Gasteiger partial charge in [0, 0.05) is 10.7 Å². The number of aromatic nitrogens is 1. The van der Waals surface area contributed by atoms with Crippen molar-refractivity contribution in [2.75, 3.05) is 0 Å². The molecule has 2 aromatic heterocycles. The van der Waals surface area contributed by atoms with Gasteiger partial charge in [0.2, 0.25) is 5.78 Å². The second-order valence-electron chi connectivity index (χ2n) is 4.82. The molecule has 0 aliphatic rings. The minimum atomic E-state index is -4.67. The van der Waals surface area contributed by atoms with Crippen molar-refractivity contribution >= 4 is 38.8 Å². The van der Waals surface area contributed by atoms with E-state index in [9.17, 15) is 18.0 Å². The molecule has 0 N–H and O–H groups in total. The fourth-order valence-corrected chi connectivity index (χ4v) is 3.21. The lowest BCUT2D eigenvalue weighted by molar-refractivity contribution is -0.137. The van der Waals surface area contributed by atoms with Crippen LogP contribution in [-0.2, 0) is 6.18 Å². The molecule has 3 rings (SSSR count). The molecule has 0 unspecified atom stereocenters. The molecular formula is C16H8BrClF3NO. The summed E-state index contributed by atoms with van der Waals surface area (Å²) in [5.74, 6) is -0.783. The Kier molecular flexibility index (Phi) is 3.98. The first-order valence-electron chi connectivity index (χ1n) is 6.46. The highest BCUT2D eigenvalue weighted by molar-refractivity contribution is 9.10. The molecule has 0 aliphatic carbocycles. The van der Waals surface area contributed by atoms with Gasteiger partial charge in [0.1, 0.15) is 0 Å². The average Bonchev–Trinajstić information content (AvgIpc) is 2.83. The average molecular weight is 403 g/mol. The van der Waals surface area contributed by atoms with E-state index in [1.165, 1.54) is 22.6 Å². The van der Waals surface area contributed by atoms with Crippen LogP contribution < -0.4 is 0 Å². The zero-order valence-electron chi connectivity index (χ0n) is 11.4. The molecule has 0 aliphatic heterocycles. The minimum absolute atomic E-state index is 0.103. The van der Waals surface area contributed by atoms with Gasteiger partial charge in [-0.25, -0.2) is 0 Å². The molecule has 0 atom stereocenters. The van der Waals surface area contributed by atoms with Gasteiger partial charge in [-0.2, -0.15) is 13.2 Å². The summed E-state index contributed by atoms with van der Waals surface area (Å²) in [4.78, 5) is 12.7. The van der Waals surface area contributed by atoms with E-state index in [1.807, 2.05) is 0 Å².